The van der Waals surface area contributed by atoms with Crippen LogP contribution >= 0.6 is 47.1 Å². The number of aliphatic imine (C=N–C) groups is 1. The number of hydrogen-bond acceptors (Lipinski definition) is 4. The van der Waals surface area contributed by atoms with Crippen molar-refractivity contribution in [3.05, 3.63) is 16.1 Å². The minimum Gasteiger partial charge on any atom is -0.350 e. The lowest BCUT2D eigenvalue weighted by atomic mass is 10.3. The van der Waals surface area contributed by atoms with Crippen LogP contribution < -0.4 is 5.32 Å². The second-order valence-electron chi connectivity index (χ2n) is 4.82. The topological polar surface area (TPSA) is 40.5 Å². The Balaban J connectivity index is 0.00000220. The van der Waals surface area contributed by atoms with Crippen molar-refractivity contribution in [1.29, 1.82) is 0 Å². The summed E-state index contributed by atoms with van der Waals surface area (Å²) in [7, 11) is 1.87. The molecule has 120 valence electrons. The lowest BCUT2D eigenvalue weighted by molar-refractivity contribution is 0.408. The van der Waals surface area contributed by atoms with Crippen LogP contribution in [0.2, 0.25) is 0 Å². The number of thiazole rings is 1. The molecular weight excluding hydrogens is 415 g/mol. The summed E-state index contributed by atoms with van der Waals surface area (Å²) in [6.07, 6.45) is 4.27. The van der Waals surface area contributed by atoms with Gasteiger partial charge in [-0.25, -0.2) is 4.98 Å². The summed E-state index contributed by atoms with van der Waals surface area (Å²) in [5.74, 6) is 2.20. The van der Waals surface area contributed by atoms with Gasteiger partial charge in [-0.15, -0.1) is 35.3 Å². The Labute approximate surface area is 153 Å². The van der Waals surface area contributed by atoms with Crippen LogP contribution in [0.3, 0.4) is 0 Å². The summed E-state index contributed by atoms with van der Waals surface area (Å²) in [5, 5.41) is 5.32. The molecule has 1 aliphatic rings. The monoisotopic (exact) mass is 440 g/mol. The maximum absolute atomic E-state index is 4.45. The fourth-order valence-electron chi connectivity index (χ4n) is 2.24. The molecule has 0 aromatic carbocycles. The van der Waals surface area contributed by atoms with Crippen LogP contribution in [0.15, 0.2) is 11.2 Å². The third-order valence-corrected chi connectivity index (χ3v) is 5.97. The van der Waals surface area contributed by atoms with E-state index in [1.165, 1.54) is 17.1 Å². The van der Waals surface area contributed by atoms with Crippen molar-refractivity contribution in [1.82, 2.24) is 15.2 Å². The van der Waals surface area contributed by atoms with Crippen molar-refractivity contribution in [2.24, 2.45) is 4.99 Å². The molecule has 1 aromatic heterocycles. The number of aromatic nitrogens is 1. The van der Waals surface area contributed by atoms with E-state index in [9.17, 15) is 0 Å². The SMILES string of the molecule is CCc1cnc(CNC(=NC)N2CCSC(CC)C2)s1.I. The summed E-state index contributed by atoms with van der Waals surface area (Å²) >= 11 is 3.87. The van der Waals surface area contributed by atoms with Crippen molar-refractivity contribution in [3.63, 3.8) is 0 Å². The van der Waals surface area contributed by atoms with Crippen LogP contribution in [0.4, 0.5) is 0 Å². The molecule has 2 heterocycles. The zero-order valence-electron chi connectivity index (χ0n) is 13.0. The maximum atomic E-state index is 4.45. The number of thioether (sulfide) groups is 1. The molecule has 1 unspecified atom stereocenters. The lowest BCUT2D eigenvalue weighted by Crippen LogP contribution is -2.47. The van der Waals surface area contributed by atoms with Crippen LogP contribution in [-0.4, -0.2) is 47.0 Å². The first-order chi connectivity index (χ1) is 9.76. The first kappa shape index (κ1) is 19.0. The first-order valence-electron chi connectivity index (χ1n) is 7.27. The Kier molecular flexibility index (Phi) is 8.96. The van der Waals surface area contributed by atoms with Gasteiger partial charge in [-0.05, 0) is 12.8 Å². The van der Waals surface area contributed by atoms with Gasteiger partial charge in [0.15, 0.2) is 5.96 Å². The highest BCUT2D eigenvalue weighted by Crippen LogP contribution is 2.21. The van der Waals surface area contributed by atoms with Crippen molar-refractivity contribution in [3.8, 4) is 0 Å². The van der Waals surface area contributed by atoms with Crippen LogP contribution in [-0.2, 0) is 13.0 Å². The van der Waals surface area contributed by atoms with E-state index in [0.717, 1.165) is 42.3 Å². The second kappa shape index (κ2) is 9.89. The van der Waals surface area contributed by atoms with Crippen molar-refractivity contribution < 1.29 is 0 Å². The molecular formula is C14H25IN4S2. The van der Waals surface area contributed by atoms with Gasteiger partial charge >= 0.3 is 0 Å². The summed E-state index contributed by atoms with van der Waals surface area (Å²) in [6, 6.07) is 0. The van der Waals surface area contributed by atoms with Gasteiger partial charge in [0.25, 0.3) is 0 Å². The fourth-order valence-corrected chi connectivity index (χ4v) is 4.22. The van der Waals surface area contributed by atoms with Crippen LogP contribution in [0.25, 0.3) is 0 Å². The molecule has 0 radical (unpaired) electrons. The van der Waals surface area contributed by atoms with E-state index in [2.05, 4.69) is 45.8 Å². The summed E-state index contributed by atoms with van der Waals surface area (Å²) in [4.78, 5) is 12.6. The van der Waals surface area contributed by atoms with E-state index < -0.39 is 0 Å². The third-order valence-electron chi connectivity index (χ3n) is 3.45. The number of halogens is 1. The molecule has 4 nitrogen and oxygen atoms in total. The molecule has 21 heavy (non-hydrogen) atoms. The lowest BCUT2D eigenvalue weighted by Gasteiger charge is -2.34. The normalized spacial score (nSPS) is 19.3. The molecule has 2 rings (SSSR count). The van der Waals surface area contributed by atoms with Gasteiger partial charge in [-0.1, -0.05) is 13.8 Å². The van der Waals surface area contributed by atoms with E-state index in [1.54, 1.807) is 11.3 Å². The highest BCUT2D eigenvalue weighted by molar-refractivity contribution is 14.0. The summed E-state index contributed by atoms with van der Waals surface area (Å²) in [5.41, 5.74) is 0. The Morgan fingerprint density at radius 3 is 2.95 bits per heavy atom. The van der Waals surface area contributed by atoms with Gasteiger partial charge in [0, 0.05) is 42.2 Å². The van der Waals surface area contributed by atoms with Crippen LogP contribution in [0.1, 0.15) is 30.2 Å². The summed E-state index contributed by atoms with van der Waals surface area (Å²) in [6.45, 7) is 7.38. The molecule has 0 aliphatic carbocycles. The standard InChI is InChI=1S/C14H24N4S2.HI/c1-4-11-8-16-13(20-11)9-17-14(15-3)18-6-7-19-12(5-2)10-18;/h8,12H,4-7,9-10H2,1-3H3,(H,15,17);1H. The van der Waals surface area contributed by atoms with Gasteiger partial charge < -0.3 is 10.2 Å². The number of nitrogens with one attached hydrogen (secondary N) is 1. The predicted octanol–water partition coefficient (Wildman–Crippen LogP) is 3.23. The van der Waals surface area contributed by atoms with Crippen molar-refractivity contribution >= 4 is 53.0 Å². The fraction of sp³-hybridized carbons (Fsp3) is 0.714. The minimum absolute atomic E-state index is 0. The molecule has 7 heteroatoms. The number of aryl methyl sites for hydroxylation is 1. The van der Waals surface area contributed by atoms with Gasteiger partial charge in [0.2, 0.25) is 0 Å². The van der Waals surface area contributed by atoms with E-state index in [4.69, 9.17) is 0 Å². The van der Waals surface area contributed by atoms with Gasteiger partial charge in [0.1, 0.15) is 5.01 Å². The number of guanidine groups is 1. The van der Waals surface area contributed by atoms with Gasteiger partial charge in [-0.2, -0.15) is 11.8 Å². The van der Waals surface area contributed by atoms with Crippen LogP contribution in [0, 0.1) is 0 Å². The number of rotatable bonds is 4. The molecule has 1 N–H and O–H groups in total. The van der Waals surface area contributed by atoms with E-state index in [0.29, 0.717) is 0 Å². The Morgan fingerprint density at radius 1 is 1.52 bits per heavy atom. The zero-order chi connectivity index (χ0) is 14.4. The van der Waals surface area contributed by atoms with Gasteiger partial charge in [0.05, 0.1) is 6.54 Å². The molecule has 0 amide bonds. The summed E-state index contributed by atoms with van der Waals surface area (Å²) < 4.78 is 0. The van der Waals surface area contributed by atoms with E-state index in [1.807, 2.05) is 13.2 Å². The number of nitrogens with zero attached hydrogens (tertiary/aromatic N) is 3. The van der Waals surface area contributed by atoms with E-state index >= 15 is 0 Å². The Morgan fingerprint density at radius 2 is 2.33 bits per heavy atom. The van der Waals surface area contributed by atoms with Gasteiger partial charge in [-0.3, -0.25) is 4.99 Å². The highest BCUT2D eigenvalue weighted by Gasteiger charge is 2.21. The third kappa shape index (κ3) is 5.59. The number of hydrogen-bond donors (Lipinski definition) is 1. The molecule has 1 fully saturated rings. The molecule has 0 spiro atoms. The molecule has 0 saturated carbocycles. The highest BCUT2D eigenvalue weighted by atomic mass is 127. The van der Waals surface area contributed by atoms with Crippen molar-refractivity contribution in [2.75, 3.05) is 25.9 Å². The predicted molar refractivity (Wildman–Crippen MR) is 105 cm³/mol. The van der Waals surface area contributed by atoms with Crippen LogP contribution in [0.5, 0.6) is 0 Å². The Bertz CT molecular complexity index is 450. The van der Waals surface area contributed by atoms with Crippen molar-refractivity contribution in [2.45, 2.75) is 38.5 Å². The molecule has 0 bridgehead atoms. The Hall–Kier alpha value is -0.0200. The second-order valence-corrected chi connectivity index (χ2v) is 7.43. The smallest absolute Gasteiger partial charge is 0.194 e. The minimum atomic E-state index is 0. The average molecular weight is 440 g/mol. The van der Waals surface area contributed by atoms with E-state index in [-0.39, 0.29) is 24.0 Å². The molecule has 1 aromatic rings. The molecule has 1 aliphatic heterocycles. The average Bonchev–Trinajstić information content (AvgIpc) is 2.96. The zero-order valence-corrected chi connectivity index (χ0v) is 16.9. The largest absolute Gasteiger partial charge is 0.350 e. The quantitative estimate of drug-likeness (QED) is 0.444. The molecule has 1 saturated heterocycles. The first-order valence-corrected chi connectivity index (χ1v) is 9.14. The maximum Gasteiger partial charge on any atom is 0.194 e. The molecule has 1 atom stereocenters.